The second-order valence-electron chi connectivity index (χ2n) is 5.10. The minimum Gasteiger partial charge on any atom is -0.472 e. The molecule has 134 valence electrons. The summed E-state index contributed by atoms with van der Waals surface area (Å²) < 4.78 is 16.5. The third-order valence-electron chi connectivity index (χ3n) is 3.17. The topological polar surface area (TPSA) is 95.6 Å². The smallest absolute Gasteiger partial charge is 0.347 e. The number of rotatable bonds is 8. The van der Waals surface area contributed by atoms with Gasteiger partial charge in [0, 0.05) is 17.8 Å². The Morgan fingerprint density at radius 1 is 1.28 bits per heavy atom. The van der Waals surface area contributed by atoms with Crippen molar-refractivity contribution in [1.82, 2.24) is 9.78 Å². The molecule has 0 bridgehead atoms. The molecule has 2 heterocycles. The van der Waals surface area contributed by atoms with Crippen molar-refractivity contribution >= 4 is 17.8 Å². The number of hydrogen-bond acceptors (Lipinski definition) is 7. The van der Waals surface area contributed by atoms with Crippen molar-refractivity contribution in [1.29, 1.82) is 0 Å². The maximum Gasteiger partial charge on any atom is 0.347 e. The zero-order valence-corrected chi connectivity index (χ0v) is 14.4. The van der Waals surface area contributed by atoms with Gasteiger partial charge in [-0.2, -0.15) is 5.10 Å². The minimum atomic E-state index is -0.744. The minimum absolute atomic E-state index is 0.160. The van der Waals surface area contributed by atoms with E-state index < -0.39 is 11.9 Å². The molecule has 8 nitrogen and oxygen atoms in total. The first-order valence-electron chi connectivity index (χ1n) is 7.91. The summed E-state index contributed by atoms with van der Waals surface area (Å²) in [6.07, 6.45) is 4.48. The van der Waals surface area contributed by atoms with Crippen LogP contribution in [0.2, 0.25) is 0 Å². The highest BCUT2D eigenvalue weighted by molar-refractivity contribution is 6.14. The largest absolute Gasteiger partial charge is 0.472 e. The average molecular weight is 347 g/mol. The number of aromatic nitrogens is 2. The van der Waals surface area contributed by atoms with Crippen LogP contribution in [0, 0.1) is 6.92 Å². The molecule has 0 amide bonds. The van der Waals surface area contributed by atoms with E-state index in [1.54, 1.807) is 37.1 Å². The number of hydrogen-bond donors (Lipinski definition) is 1. The van der Waals surface area contributed by atoms with E-state index in [2.05, 4.69) is 10.4 Å². The number of carbonyl (C=O) groups excluding carboxylic acids is 2. The van der Waals surface area contributed by atoms with Gasteiger partial charge in [0.2, 0.25) is 0 Å². The normalized spacial score (nSPS) is 10.2. The molecule has 2 aromatic heterocycles. The van der Waals surface area contributed by atoms with Crippen LogP contribution in [0.1, 0.15) is 25.1 Å². The molecule has 0 saturated carbocycles. The highest BCUT2D eigenvalue weighted by atomic mass is 16.6. The Hall–Kier alpha value is -3.03. The molecule has 0 saturated heterocycles. The second-order valence-corrected chi connectivity index (χ2v) is 5.10. The van der Waals surface area contributed by atoms with Crippen LogP contribution in [0.5, 0.6) is 0 Å². The molecule has 0 radical (unpaired) electrons. The van der Waals surface area contributed by atoms with E-state index >= 15 is 0 Å². The Labute approximate surface area is 145 Å². The van der Waals surface area contributed by atoms with Crippen LogP contribution in [0.25, 0.3) is 0 Å². The first kappa shape index (κ1) is 18.3. The van der Waals surface area contributed by atoms with E-state index in [-0.39, 0.29) is 18.8 Å². The second kappa shape index (κ2) is 8.72. The van der Waals surface area contributed by atoms with Crippen LogP contribution in [-0.2, 0) is 25.6 Å². The third-order valence-corrected chi connectivity index (χ3v) is 3.17. The average Bonchev–Trinajstić information content (AvgIpc) is 3.18. The molecule has 0 atom stereocenters. The zero-order chi connectivity index (χ0) is 18.2. The molecule has 0 aliphatic heterocycles. The summed E-state index contributed by atoms with van der Waals surface area (Å²) >= 11 is 0. The van der Waals surface area contributed by atoms with Gasteiger partial charge >= 0.3 is 11.9 Å². The molecule has 25 heavy (non-hydrogen) atoms. The Morgan fingerprint density at radius 3 is 2.52 bits per heavy atom. The fraction of sp³-hybridized carbons (Fsp3) is 0.353. The lowest BCUT2D eigenvalue weighted by Gasteiger charge is -2.09. The molecule has 0 spiro atoms. The van der Waals surface area contributed by atoms with Gasteiger partial charge in [-0.25, -0.2) is 14.3 Å². The van der Waals surface area contributed by atoms with Gasteiger partial charge in [-0.1, -0.05) is 0 Å². The van der Waals surface area contributed by atoms with Gasteiger partial charge in [0.05, 0.1) is 38.0 Å². The number of esters is 2. The number of furan rings is 1. The molecular formula is C17H21N3O5. The van der Waals surface area contributed by atoms with Crippen molar-refractivity contribution in [2.24, 2.45) is 0 Å². The summed E-state index contributed by atoms with van der Waals surface area (Å²) in [5, 5.41) is 7.31. The standard InChI is InChI=1S/C17H21N3O5/c1-4-24-16(21)14(17(22)25-5-2)9-18-15-8-12(3)19-20(15)10-13-6-7-23-11-13/h6-9,11,18H,4-5,10H2,1-3H3. The number of ether oxygens (including phenoxy) is 2. The van der Waals surface area contributed by atoms with Gasteiger partial charge < -0.3 is 19.2 Å². The van der Waals surface area contributed by atoms with Crippen LogP contribution in [0.3, 0.4) is 0 Å². The molecule has 0 aliphatic carbocycles. The van der Waals surface area contributed by atoms with Crippen molar-refractivity contribution in [3.8, 4) is 0 Å². The molecule has 0 fully saturated rings. The van der Waals surface area contributed by atoms with Gasteiger partial charge in [-0.3, -0.25) is 0 Å². The monoisotopic (exact) mass is 347 g/mol. The van der Waals surface area contributed by atoms with Crippen molar-refractivity contribution in [2.45, 2.75) is 27.3 Å². The molecule has 0 aliphatic rings. The van der Waals surface area contributed by atoms with Crippen LogP contribution in [0.4, 0.5) is 5.82 Å². The lowest BCUT2D eigenvalue weighted by molar-refractivity contribution is -0.146. The number of nitrogens with zero attached hydrogens (tertiary/aromatic N) is 2. The molecule has 1 N–H and O–H groups in total. The first-order valence-corrected chi connectivity index (χ1v) is 7.91. The van der Waals surface area contributed by atoms with E-state index in [1.165, 1.54) is 6.20 Å². The quantitative estimate of drug-likeness (QED) is 0.339. The molecule has 8 heteroatoms. The van der Waals surface area contributed by atoms with E-state index in [0.717, 1.165) is 11.3 Å². The number of aryl methyl sites for hydroxylation is 1. The number of carbonyl (C=O) groups is 2. The van der Waals surface area contributed by atoms with Gasteiger partial charge in [-0.15, -0.1) is 0 Å². The summed E-state index contributed by atoms with van der Waals surface area (Å²) in [6.45, 7) is 5.97. The Morgan fingerprint density at radius 2 is 1.96 bits per heavy atom. The van der Waals surface area contributed by atoms with Gasteiger partial charge in [0.1, 0.15) is 5.82 Å². The van der Waals surface area contributed by atoms with Crippen molar-refractivity contribution < 1.29 is 23.5 Å². The molecule has 0 aromatic carbocycles. The Kier molecular flexibility index (Phi) is 6.39. The summed E-state index contributed by atoms with van der Waals surface area (Å²) in [4.78, 5) is 23.9. The number of nitrogens with one attached hydrogen (secondary N) is 1. The van der Waals surface area contributed by atoms with Crippen LogP contribution >= 0.6 is 0 Å². The molecular weight excluding hydrogens is 326 g/mol. The number of anilines is 1. The van der Waals surface area contributed by atoms with Gasteiger partial charge in [0.15, 0.2) is 5.57 Å². The molecule has 2 rings (SSSR count). The predicted octanol–water partition coefficient (Wildman–Crippen LogP) is 2.25. The lowest BCUT2D eigenvalue weighted by Crippen LogP contribution is -2.20. The van der Waals surface area contributed by atoms with Crippen molar-refractivity contribution in [3.05, 3.63) is 47.7 Å². The maximum atomic E-state index is 12.0. The van der Waals surface area contributed by atoms with E-state index in [4.69, 9.17) is 13.9 Å². The fourth-order valence-corrected chi connectivity index (χ4v) is 2.10. The lowest BCUT2D eigenvalue weighted by atomic mass is 10.3. The SMILES string of the molecule is CCOC(=O)C(=CNc1cc(C)nn1Cc1ccoc1)C(=O)OCC. The Balaban J connectivity index is 2.21. The van der Waals surface area contributed by atoms with Crippen molar-refractivity contribution in [3.63, 3.8) is 0 Å². The first-order chi connectivity index (χ1) is 12.0. The highest BCUT2D eigenvalue weighted by Gasteiger charge is 2.21. The summed E-state index contributed by atoms with van der Waals surface area (Å²) in [6, 6.07) is 3.63. The van der Waals surface area contributed by atoms with Gasteiger partial charge in [-0.05, 0) is 26.8 Å². The highest BCUT2D eigenvalue weighted by Crippen LogP contribution is 2.14. The third kappa shape index (κ3) is 4.97. The van der Waals surface area contributed by atoms with E-state index in [9.17, 15) is 9.59 Å². The summed E-state index contributed by atoms with van der Waals surface area (Å²) in [5.74, 6) is -0.873. The fourth-order valence-electron chi connectivity index (χ4n) is 2.10. The van der Waals surface area contributed by atoms with Crippen LogP contribution in [-0.4, -0.2) is 34.9 Å². The van der Waals surface area contributed by atoms with E-state index in [1.807, 2.05) is 13.0 Å². The molecule has 2 aromatic rings. The maximum absolute atomic E-state index is 12.0. The van der Waals surface area contributed by atoms with Crippen molar-refractivity contribution in [2.75, 3.05) is 18.5 Å². The van der Waals surface area contributed by atoms with E-state index in [0.29, 0.717) is 12.4 Å². The molecule has 0 unspecified atom stereocenters. The van der Waals surface area contributed by atoms with Crippen LogP contribution in [0.15, 0.2) is 40.8 Å². The predicted molar refractivity (Wildman–Crippen MR) is 89.7 cm³/mol. The Bertz CT molecular complexity index is 726. The zero-order valence-electron chi connectivity index (χ0n) is 14.4. The van der Waals surface area contributed by atoms with Crippen LogP contribution < -0.4 is 5.32 Å². The van der Waals surface area contributed by atoms with Gasteiger partial charge in [0.25, 0.3) is 0 Å². The summed E-state index contributed by atoms with van der Waals surface area (Å²) in [5.41, 5.74) is 1.51. The summed E-state index contributed by atoms with van der Waals surface area (Å²) in [7, 11) is 0.